The summed E-state index contributed by atoms with van der Waals surface area (Å²) in [5.74, 6) is 0. The van der Waals surface area contributed by atoms with E-state index in [2.05, 4.69) is 13.8 Å². The van der Waals surface area contributed by atoms with Gasteiger partial charge in [-0.3, -0.25) is 0 Å². The van der Waals surface area contributed by atoms with Crippen molar-refractivity contribution in [3.63, 3.8) is 0 Å². The Hall–Kier alpha value is -0.0800. The molecule has 4 rings (SSSR count). The molecule has 4 fully saturated rings. The third-order valence-corrected chi connectivity index (χ3v) is 5.44. The summed E-state index contributed by atoms with van der Waals surface area (Å²) in [4.78, 5) is 0. The summed E-state index contributed by atoms with van der Waals surface area (Å²) in [6, 6.07) is 0. The highest BCUT2D eigenvalue weighted by atomic mass is 16.7. The summed E-state index contributed by atoms with van der Waals surface area (Å²) >= 11 is 0. The second kappa shape index (κ2) is 2.67. The van der Waals surface area contributed by atoms with E-state index in [0.29, 0.717) is 17.6 Å². The first kappa shape index (κ1) is 9.90. The minimum Gasteiger partial charge on any atom is -0.363 e. The minimum atomic E-state index is 0.139. The third kappa shape index (κ3) is 1.06. The molecule has 0 spiro atoms. The molecule has 4 unspecified atom stereocenters. The lowest BCUT2D eigenvalue weighted by molar-refractivity contribution is 0.0934. The second-order valence-electron chi connectivity index (χ2n) is 7.12. The van der Waals surface area contributed by atoms with Gasteiger partial charge in [0.1, 0.15) is 11.2 Å². The van der Waals surface area contributed by atoms with Crippen LogP contribution in [0.5, 0.6) is 0 Å². The van der Waals surface area contributed by atoms with Gasteiger partial charge in [0, 0.05) is 0 Å². The third-order valence-electron chi connectivity index (χ3n) is 5.44. The van der Waals surface area contributed by atoms with E-state index in [0.717, 1.165) is 0 Å². The van der Waals surface area contributed by atoms with Gasteiger partial charge < -0.3 is 9.47 Å². The Labute approximate surface area is 97.7 Å². The SMILES string of the molecule is CC1(C)CCC2OC2(C23CCCCC2O3)C1. The molecule has 0 aromatic rings. The Morgan fingerprint density at radius 2 is 1.62 bits per heavy atom. The van der Waals surface area contributed by atoms with Crippen molar-refractivity contribution in [1.29, 1.82) is 0 Å². The number of hydrogen-bond acceptors (Lipinski definition) is 2. The zero-order chi connectivity index (χ0) is 11.0. The minimum absolute atomic E-state index is 0.139. The lowest BCUT2D eigenvalue weighted by Crippen LogP contribution is -2.45. The number of hydrogen-bond donors (Lipinski definition) is 0. The Bertz CT molecular complexity index is 338. The van der Waals surface area contributed by atoms with E-state index in [4.69, 9.17) is 9.47 Å². The highest BCUT2D eigenvalue weighted by Gasteiger charge is 2.80. The number of epoxide rings is 2. The molecule has 0 aromatic heterocycles. The zero-order valence-electron chi connectivity index (χ0n) is 10.4. The van der Waals surface area contributed by atoms with Gasteiger partial charge in [-0.15, -0.1) is 0 Å². The first-order valence-electron chi connectivity index (χ1n) is 6.94. The molecule has 4 aliphatic rings. The number of rotatable bonds is 1. The molecular formula is C14H22O2. The van der Waals surface area contributed by atoms with Gasteiger partial charge in [-0.2, -0.15) is 0 Å². The molecule has 2 aliphatic carbocycles. The Morgan fingerprint density at radius 3 is 2.44 bits per heavy atom. The van der Waals surface area contributed by atoms with E-state index in [9.17, 15) is 0 Å². The monoisotopic (exact) mass is 222 g/mol. The molecule has 0 radical (unpaired) electrons. The molecule has 4 atom stereocenters. The van der Waals surface area contributed by atoms with Gasteiger partial charge in [0.15, 0.2) is 0 Å². The summed E-state index contributed by atoms with van der Waals surface area (Å²) in [7, 11) is 0. The lowest BCUT2D eigenvalue weighted by Gasteiger charge is -2.36. The largest absolute Gasteiger partial charge is 0.363 e. The molecular weight excluding hydrogens is 200 g/mol. The lowest BCUT2D eigenvalue weighted by atomic mass is 9.65. The quantitative estimate of drug-likeness (QED) is 0.637. The number of ether oxygens (including phenoxy) is 2. The zero-order valence-corrected chi connectivity index (χ0v) is 10.4. The smallest absolute Gasteiger partial charge is 0.127 e. The van der Waals surface area contributed by atoms with Crippen LogP contribution in [0.25, 0.3) is 0 Å². The van der Waals surface area contributed by atoms with Gasteiger partial charge in [0.2, 0.25) is 0 Å². The highest BCUT2D eigenvalue weighted by Crippen LogP contribution is 2.69. The van der Waals surface area contributed by atoms with Crippen molar-refractivity contribution in [2.24, 2.45) is 5.41 Å². The van der Waals surface area contributed by atoms with Gasteiger partial charge in [-0.25, -0.2) is 0 Å². The van der Waals surface area contributed by atoms with Gasteiger partial charge in [0.25, 0.3) is 0 Å². The Kier molecular flexibility index (Phi) is 1.65. The Morgan fingerprint density at radius 1 is 0.875 bits per heavy atom. The molecule has 2 nitrogen and oxygen atoms in total. The fraction of sp³-hybridized carbons (Fsp3) is 1.00. The van der Waals surface area contributed by atoms with E-state index in [1.54, 1.807) is 0 Å². The first-order chi connectivity index (χ1) is 7.58. The summed E-state index contributed by atoms with van der Waals surface area (Å²) in [6.45, 7) is 4.78. The van der Waals surface area contributed by atoms with Crippen LogP contribution in [-0.2, 0) is 9.47 Å². The van der Waals surface area contributed by atoms with E-state index in [1.165, 1.54) is 44.9 Å². The summed E-state index contributed by atoms with van der Waals surface area (Å²) in [5, 5.41) is 0. The molecule has 0 amide bonds. The van der Waals surface area contributed by atoms with Crippen molar-refractivity contribution < 1.29 is 9.47 Å². The van der Waals surface area contributed by atoms with Crippen molar-refractivity contribution in [1.82, 2.24) is 0 Å². The van der Waals surface area contributed by atoms with Crippen molar-refractivity contribution in [3.8, 4) is 0 Å². The topological polar surface area (TPSA) is 25.1 Å². The van der Waals surface area contributed by atoms with Crippen LogP contribution in [0.4, 0.5) is 0 Å². The first-order valence-corrected chi connectivity index (χ1v) is 6.94. The summed E-state index contributed by atoms with van der Waals surface area (Å²) < 4.78 is 12.3. The van der Waals surface area contributed by atoms with Crippen molar-refractivity contribution >= 4 is 0 Å². The maximum absolute atomic E-state index is 6.16. The predicted molar refractivity (Wildman–Crippen MR) is 61.3 cm³/mol. The van der Waals surface area contributed by atoms with Gasteiger partial charge in [-0.1, -0.05) is 26.7 Å². The van der Waals surface area contributed by atoms with Crippen LogP contribution in [0.15, 0.2) is 0 Å². The molecule has 0 bridgehead atoms. The number of fused-ring (bicyclic) bond motifs is 3. The van der Waals surface area contributed by atoms with Crippen molar-refractivity contribution in [2.75, 3.05) is 0 Å². The van der Waals surface area contributed by atoms with Crippen LogP contribution in [0.1, 0.15) is 58.8 Å². The normalized spacial score (nSPS) is 57.4. The molecule has 2 saturated carbocycles. The summed E-state index contributed by atoms with van der Waals surface area (Å²) in [5.41, 5.74) is 0.753. The van der Waals surface area contributed by atoms with Crippen LogP contribution >= 0.6 is 0 Å². The fourth-order valence-electron chi connectivity index (χ4n) is 4.54. The molecule has 0 aromatic carbocycles. The standard InChI is InChI=1S/C14H22O2/c1-12(2)8-6-11-14(9-12,16-11)13-7-4-3-5-10(13)15-13/h10-11H,3-9H2,1-2H3. The molecule has 2 aliphatic heterocycles. The molecule has 2 heterocycles. The maximum atomic E-state index is 6.16. The van der Waals surface area contributed by atoms with Crippen LogP contribution in [0, 0.1) is 5.41 Å². The van der Waals surface area contributed by atoms with E-state index < -0.39 is 0 Å². The van der Waals surface area contributed by atoms with Crippen molar-refractivity contribution in [3.05, 3.63) is 0 Å². The van der Waals surface area contributed by atoms with E-state index in [1.807, 2.05) is 0 Å². The van der Waals surface area contributed by atoms with E-state index in [-0.39, 0.29) is 11.2 Å². The molecule has 2 saturated heterocycles. The van der Waals surface area contributed by atoms with Crippen LogP contribution in [-0.4, -0.2) is 23.4 Å². The van der Waals surface area contributed by atoms with Gasteiger partial charge in [-0.05, 0) is 37.5 Å². The van der Waals surface area contributed by atoms with Crippen molar-refractivity contribution in [2.45, 2.75) is 82.2 Å². The average Bonchev–Trinajstić information content (AvgIpc) is 3.08. The van der Waals surface area contributed by atoms with Crippen LogP contribution < -0.4 is 0 Å². The van der Waals surface area contributed by atoms with E-state index >= 15 is 0 Å². The molecule has 2 heteroatoms. The summed E-state index contributed by atoms with van der Waals surface area (Å²) in [6.07, 6.45) is 10.1. The van der Waals surface area contributed by atoms with Gasteiger partial charge in [0.05, 0.1) is 12.2 Å². The predicted octanol–water partition coefficient (Wildman–Crippen LogP) is 3.05. The maximum Gasteiger partial charge on any atom is 0.127 e. The molecule has 90 valence electrons. The fourth-order valence-corrected chi connectivity index (χ4v) is 4.54. The Balaban J connectivity index is 1.64. The second-order valence-corrected chi connectivity index (χ2v) is 7.12. The van der Waals surface area contributed by atoms with Crippen LogP contribution in [0.2, 0.25) is 0 Å². The molecule has 16 heavy (non-hydrogen) atoms. The van der Waals surface area contributed by atoms with Gasteiger partial charge >= 0.3 is 0 Å². The molecule has 0 N–H and O–H groups in total. The van der Waals surface area contributed by atoms with Crippen LogP contribution in [0.3, 0.4) is 0 Å². The highest BCUT2D eigenvalue weighted by molar-refractivity contribution is 5.28. The average molecular weight is 222 g/mol.